The topological polar surface area (TPSA) is 104 Å². The zero-order valence-corrected chi connectivity index (χ0v) is 18.7. The van der Waals surface area contributed by atoms with Crippen molar-refractivity contribution in [1.29, 1.82) is 0 Å². The molecule has 2 aromatic heterocycles. The predicted octanol–water partition coefficient (Wildman–Crippen LogP) is 1.92. The molecule has 0 saturated heterocycles. The molecular weight excluding hydrogens is 424 g/mol. The zero-order chi connectivity index (χ0) is 22.1. The number of hydrogen-bond donors (Lipinski definition) is 2. The summed E-state index contributed by atoms with van der Waals surface area (Å²) in [7, 11) is -1.12. The van der Waals surface area contributed by atoms with E-state index in [-0.39, 0.29) is 12.1 Å². The van der Waals surface area contributed by atoms with Crippen molar-refractivity contribution in [3.63, 3.8) is 0 Å². The van der Waals surface area contributed by atoms with Crippen LogP contribution in [0.15, 0.2) is 23.4 Å². The number of nitrogens with one attached hydrogen (secondary N) is 1. The van der Waals surface area contributed by atoms with Gasteiger partial charge in [0.15, 0.2) is 5.82 Å². The van der Waals surface area contributed by atoms with Crippen LogP contribution < -0.4 is 10.2 Å². The fourth-order valence-electron chi connectivity index (χ4n) is 4.40. The van der Waals surface area contributed by atoms with Crippen LogP contribution in [0.1, 0.15) is 49.2 Å². The molecule has 166 valence electrons. The molecule has 0 unspecified atom stereocenters. The Balaban J connectivity index is 1.43. The van der Waals surface area contributed by atoms with E-state index in [1.807, 2.05) is 0 Å². The maximum absolute atomic E-state index is 12.8. The van der Waals surface area contributed by atoms with Gasteiger partial charge in [-0.15, -0.1) is 6.42 Å². The molecule has 1 aliphatic carbocycles. The number of anilines is 2. The first-order chi connectivity index (χ1) is 15.6. The molecule has 1 fully saturated rings. The fourth-order valence-corrected chi connectivity index (χ4v) is 5.73. The number of aliphatic hydroxyl groups is 1. The number of aliphatic hydroxyl groups excluding tert-OH is 1. The monoisotopic (exact) mass is 450 g/mol. The molecule has 9 heteroatoms. The van der Waals surface area contributed by atoms with E-state index >= 15 is 0 Å². The molecule has 0 bridgehead atoms. The first-order valence-corrected chi connectivity index (χ1v) is 12.3. The van der Waals surface area contributed by atoms with Gasteiger partial charge in [-0.3, -0.25) is 4.21 Å². The summed E-state index contributed by atoms with van der Waals surface area (Å²) >= 11 is 0. The Morgan fingerprint density at radius 3 is 2.66 bits per heavy atom. The molecule has 2 aliphatic heterocycles. The van der Waals surface area contributed by atoms with Crippen molar-refractivity contribution in [1.82, 2.24) is 19.9 Å². The van der Waals surface area contributed by atoms with Gasteiger partial charge < -0.3 is 15.3 Å². The highest BCUT2D eigenvalue weighted by molar-refractivity contribution is 7.85. The van der Waals surface area contributed by atoms with Crippen molar-refractivity contribution >= 4 is 28.1 Å². The van der Waals surface area contributed by atoms with Crippen molar-refractivity contribution in [2.24, 2.45) is 0 Å². The van der Waals surface area contributed by atoms with Gasteiger partial charge in [0.1, 0.15) is 10.7 Å². The first kappa shape index (κ1) is 21.0. The van der Waals surface area contributed by atoms with E-state index in [0.717, 1.165) is 61.2 Å². The minimum absolute atomic E-state index is 0.0455. The molecular formula is C23H26N6O2S. The molecule has 8 nitrogen and oxygen atoms in total. The van der Waals surface area contributed by atoms with Crippen LogP contribution in [0.5, 0.6) is 0 Å². The highest BCUT2D eigenvalue weighted by Gasteiger charge is 2.38. The van der Waals surface area contributed by atoms with Crippen LogP contribution in [0.2, 0.25) is 0 Å². The van der Waals surface area contributed by atoms with Gasteiger partial charge in [0.2, 0.25) is 5.95 Å². The smallest absolute Gasteiger partial charge is 0.225 e. The van der Waals surface area contributed by atoms with Gasteiger partial charge in [0.25, 0.3) is 0 Å². The van der Waals surface area contributed by atoms with Crippen LogP contribution in [0.25, 0.3) is 5.57 Å². The Bertz CT molecular complexity index is 1120. The maximum Gasteiger partial charge on any atom is 0.225 e. The van der Waals surface area contributed by atoms with E-state index in [4.69, 9.17) is 16.4 Å². The number of hydrogen-bond acceptors (Lipinski definition) is 8. The van der Waals surface area contributed by atoms with Crippen LogP contribution >= 0.6 is 0 Å². The first-order valence-electron chi connectivity index (χ1n) is 11.0. The minimum Gasteiger partial charge on any atom is -0.394 e. The van der Waals surface area contributed by atoms with Crippen molar-refractivity contribution in [2.45, 2.75) is 49.0 Å². The average Bonchev–Trinajstić information content (AvgIpc) is 2.81. The van der Waals surface area contributed by atoms with Crippen LogP contribution in [-0.2, 0) is 17.2 Å². The third kappa shape index (κ3) is 3.89. The van der Waals surface area contributed by atoms with Gasteiger partial charge >= 0.3 is 0 Å². The summed E-state index contributed by atoms with van der Waals surface area (Å²) in [4.78, 5) is 21.2. The summed E-state index contributed by atoms with van der Waals surface area (Å²) in [5.41, 5.74) is 2.23. The predicted molar refractivity (Wildman–Crippen MR) is 124 cm³/mol. The molecule has 4 heterocycles. The van der Waals surface area contributed by atoms with E-state index in [1.54, 1.807) is 12.4 Å². The van der Waals surface area contributed by atoms with Crippen molar-refractivity contribution in [3.8, 4) is 12.3 Å². The Morgan fingerprint density at radius 1 is 1.22 bits per heavy atom. The highest BCUT2D eigenvalue weighted by atomic mass is 32.2. The number of aryl methyl sites for hydroxylation is 1. The molecule has 3 aliphatic rings. The third-order valence-electron chi connectivity index (χ3n) is 6.49. The number of nitrogens with zero attached hydrogens (tertiary/aromatic N) is 5. The molecule has 0 amide bonds. The largest absolute Gasteiger partial charge is 0.394 e. The second-order valence-corrected chi connectivity index (χ2v) is 10.1. The molecule has 1 atom stereocenters. The van der Waals surface area contributed by atoms with Crippen molar-refractivity contribution in [3.05, 3.63) is 35.6 Å². The van der Waals surface area contributed by atoms with Crippen molar-refractivity contribution in [2.75, 3.05) is 35.7 Å². The summed E-state index contributed by atoms with van der Waals surface area (Å²) in [5, 5.41) is 13.4. The Kier molecular flexibility index (Phi) is 5.66. The van der Waals surface area contributed by atoms with Crippen LogP contribution in [0, 0.1) is 12.3 Å². The standard InChI is InChI=1S/C23H26N6O2S/c1-2-16-13-24-22(25-14-16)29-10-6-17(7-11-29)20-26-18-5-3-12-32(31)19(18)21(27-20)28-23(15-30)8-4-9-23/h1,6,13-14,30H,3-5,7-12,15H2,(H,26,27,28)/t32-/m0/s1. The second kappa shape index (κ2) is 8.60. The quantitative estimate of drug-likeness (QED) is 0.666. The molecule has 32 heavy (non-hydrogen) atoms. The second-order valence-electron chi connectivity index (χ2n) is 8.58. The average molecular weight is 451 g/mol. The fraction of sp³-hybridized carbons (Fsp3) is 0.478. The number of fused-ring (bicyclic) bond motifs is 1. The Morgan fingerprint density at radius 2 is 2.03 bits per heavy atom. The Labute approximate surface area is 190 Å². The van der Waals surface area contributed by atoms with E-state index in [0.29, 0.717) is 35.5 Å². The molecule has 0 radical (unpaired) electrons. The summed E-state index contributed by atoms with van der Waals surface area (Å²) in [5.74, 6) is 5.13. The lowest BCUT2D eigenvalue weighted by Crippen LogP contribution is -2.49. The van der Waals surface area contributed by atoms with Crippen LogP contribution in [0.3, 0.4) is 0 Å². The van der Waals surface area contributed by atoms with Gasteiger partial charge in [0.05, 0.1) is 34.2 Å². The maximum atomic E-state index is 12.8. The van der Waals surface area contributed by atoms with E-state index < -0.39 is 10.8 Å². The normalized spacial score (nSPS) is 21.7. The number of terminal acetylenes is 1. The molecule has 0 spiro atoms. The van der Waals surface area contributed by atoms with Gasteiger partial charge in [-0.05, 0) is 44.1 Å². The lowest BCUT2D eigenvalue weighted by Gasteiger charge is -2.42. The van der Waals surface area contributed by atoms with Gasteiger partial charge in [-0.1, -0.05) is 12.0 Å². The lowest BCUT2D eigenvalue weighted by molar-refractivity contribution is 0.143. The Hall–Kier alpha value is -2.83. The minimum atomic E-state index is -1.12. The van der Waals surface area contributed by atoms with E-state index in [1.165, 1.54) is 0 Å². The highest BCUT2D eigenvalue weighted by Crippen LogP contribution is 2.38. The summed E-state index contributed by atoms with van der Waals surface area (Å²) in [6.45, 7) is 1.45. The molecule has 2 aromatic rings. The van der Waals surface area contributed by atoms with E-state index in [9.17, 15) is 9.32 Å². The number of rotatable bonds is 5. The van der Waals surface area contributed by atoms with Gasteiger partial charge in [-0.25, -0.2) is 19.9 Å². The van der Waals surface area contributed by atoms with Gasteiger partial charge in [0, 0.05) is 31.2 Å². The van der Waals surface area contributed by atoms with Gasteiger partial charge in [-0.2, -0.15) is 0 Å². The summed E-state index contributed by atoms with van der Waals surface area (Å²) in [6.07, 6.45) is 16.1. The van der Waals surface area contributed by atoms with Crippen LogP contribution in [0.4, 0.5) is 11.8 Å². The molecule has 2 N–H and O–H groups in total. The summed E-state index contributed by atoms with van der Waals surface area (Å²) in [6, 6.07) is 0. The summed E-state index contributed by atoms with van der Waals surface area (Å²) < 4.78 is 12.8. The SMILES string of the molecule is C#Cc1cnc(N2CC=C(c3nc4c(c(NC5(CO)CCC5)n3)[S@@](=O)CCC4)CC2)nc1. The molecule has 5 rings (SSSR count). The van der Waals surface area contributed by atoms with Crippen molar-refractivity contribution < 1.29 is 9.32 Å². The zero-order valence-electron chi connectivity index (χ0n) is 17.9. The lowest BCUT2D eigenvalue weighted by atomic mass is 9.77. The van der Waals surface area contributed by atoms with Crippen LogP contribution in [-0.4, -0.2) is 60.2 Å². The number of aromatic nitrogens is 4. The molecule has 1 saturated carbocycles. The third-order valence-corrected chi connectivity index (χ3v) is 8.03. The van der Waals surface area contributed by atoms with E-state index in [2.05, 4.69) is 32.2 Å². The molecule has 0 aromatic carbocycles.